The standard InChI is InChI=1S/C16H22N2O.ClH/c19-16(17-9-8-12-4-3-5-12)15-10-13-6-1-2-7-14(13)11-18-15;/h1-2,6-7,12,15,18H,3-5,8-11H2,(H,17,19);1H. The Morgan fingerprint density at radius 2 is 2.00 bits per heavy atom. The number of halogens is 1. The van der Waals surface area contributed by atoms with Crippen LogP contribution in [0.25, 0.3) is 0 Å². The van der Waals surface area contributed by atoms with Crippen molar-refractivity contribution in [3.05, 3.63) is 35.4 Å². The molecule has 3 nitrogen and oxygen atoms in total. The zero-order chi connectivity index (χ0) is 13.1. The molecule has 20 heavy (non-hydrogen) atoms. The van der Waals surface area contributed by atoms with Crippen LogP contribution >= 0.6 is 12.4 Å². The lowest BCUT2D eigenvalue weighted by atomic mass is 9.83. The molecule has 1 aliphatic carbocycles. The molecular formula is C16H23ClN2O. The second-order valence-corrected chi connectivity index (χ2v) is 5.78. The highest BCUT2D eigenvalue weighted by atomic mass is 35.5. The molecule has 1 saturated carbocycles. The molecular weight excluding hydrogens is 272 g/mol. The second kappa shape index (κ2) is 7.09. The molecule has 1 atom stereocenters. The Morgan fingerprint density at radius 3 is 2.70 bits per heavy atom. The Morgan fingerprint density at radius 1 is 1.25 bits per heavy atom. The minimum atomic E-state index is -0.0590. The van der Waals surface area contributed by atoms with E-state index >= 15 is 0 Å². The summed E-state index contributed by atoms with van der Waals surface area (Å²) < 4.78 is 0. The molecule has 2 aliphatic rings. The van der Waals surface area contributed by atoms with Crippen molar-refractivity contribution in [2.45, 2.75) is 44.7 Å². The van der Waals surface area contributed by atoms with Crippen LogP contribution in [-0.2, 0) is 17.8 Å². The first-order valence-corrected chi connectivity index (χ1v) is 7.41. The van der Waals surface area contributed by atoms with Crippen LogP contribution in [0.15, 0.2) is 24.3 Å². The van der Waals surface area contributed by atoms with E-state index in [1.165, 1.54) is 30.4 Å². The Balaban J connectivity index is 0.00000147. The quantitative estimate of drug-likeness (QED) is 0.895. The number of rotatable bonds is 4. The Labute approximate surface area is 126 Å². The zero-order valence-electron chi connectivity index (χ0n) is 11.7. The van der Waals surface area contributed by atoms with E-state index < -0.39 is 0 Å². The lowest BCUT2D eigenvalue weighted by Crippen LogP contribution is -2.48. The van der Waals surface area contributed by atoms with Crippen LogP contribution in [0.4, 0.5) is 0 Å². The summed E-state index contributed by atoms with van der Waals surface area (Å²) in [5, 5.41) is 6.41. The van der Waals surface area contributed by atoms with Crippen molar-refractivity contribution < 1.29 is 4.79 Å². The van der Waals surface area contributed by atoms with E-state index in [2.05, 4.69) is 34.9 Å². The Bertz CT molecular complexity index is 460. The maximum Gasteiger partial charge on any atom is 0.237 e. The normalized spacial score (nSPS) is 21.3. The minimum absolute atomic E-state index is 0. The van der Waals surface area contributed by atoms with E-state index in [4.69, 9.17) is 0 Å². The highest BCUT2D eigenvalue weighted by Gasteiger charge is 2.24. The van der Waals surface area contributed by atoms with Gasteiger partial charge < -0.3 is 10.6 Å². The van der Waals surface area contributed by atoms with Crippen LogP contribution < -0.4 is 10.6 Å². The molecule has 4 heteroatoms. The summed E-state index contributed by atoms with van der Waals surface area (Å²) in [6, 6.07) is 8.31. The number of hydrogen-bond donors (Lipinski definition) is 2. The van der Waals surface area contributed by atoms with Crippen LogP contribution in [0.2, 0.25) is 0 Å². The summed E-state index contributed by atoms with van der Waals surface area (Å²) in [4.78, 5) is 12.1. The molecule has 1 aliphatic heterocycles. The summed E-state index contributed by atoms with van der Waals surface area (Å²) in [6.07, 6.45) is 6.04. The lowest BCUT2D eigenvalue weighted by Gasteiger charge is -2.27. The average molecular weight is 295 g/mol. The van der Waals surface area contributed by atoms with Gasteiger partial charge in [0.1, 0.15) is 0 Å². The highest BCUT2D eigenvalue weighted by molar-refractivity contribution is 5.85. The van der Waals surface area contributed by atoms with E-state index in [1.54, 1.807) is 0 Å². The van der Waals surface area contributed by atoms with E-state index in [-0.39, 0.29) is 24.4 Å². The van der Waals surface area contributed by atoms with Gasteiger partial charge in [0, 0.05) is 13.1 Å². The van der Waals surface area contributed by atoms with Gasteiger partial charge in [-0.05, 0) is 29.9 Å². The Hall–Kier alpha value is -1.06. The van der Waals surface area contributed by atoms with Gasteiger partial charge in [0.15, 0.2) is 0 Å². The molecule has 1 amide bonds. The average Bonchev–Trinajstić information content (AvgIpc) is 2.40. The number of carbonyl (C=O) groups excluding carboxylic acids is 1. The monoisotopic (exact) mass is 294 g/mol. The summed E-state index contributed by atoms with van der Waals surface area (Å²) in [5.74, 6) is 1.02. The predicted octanol–water partition coefficient (Wildman–Crippen LogP) is 2.43. The molecule has 1 aromatic rings. The van der Waals surface area contributed by atoms with Crippen molar-refractivity contribution in [2.75, 3.05) is 6.54 Å². The number of fused-ring (bicyclic) bond motifs is 1. The van der Waals surface area contributed by atoms with Crippen LogP contribution in [0.3, 0.4) is 0 Å². The van der Waals surface area contributed by atoms with Crippen LogP contribution in [0.5, 0.6) is 0 Å². The fraction of sp³-hybridized carbons (Fsp3) is 0.562. The number of carbonyl (C=O) groups is 1. The number of hydrogen-bond acceptors (Lipinski definition) is 2. The molecule has 110 valence electrons. The van der Waals surface area contributed by atoms with Crippen molar-refractivity contribution in [1.82, 2.24) is 10.6 Å². The SMILES string of the molecule is Cl.O=C(NCCC1CCC1)C1Cc2ccccc2CN1. The van der Waals surface area contributed by atoms with Crippen LogP contribution in [0.1, 0.15) is 36.8 Å². The van der Waals surface area contributed by atoms with Crippen molar-refractivity contribution in [2.24, 2.45) is 5.92 Å². The van der Waals surface area contributed by atoms with Gasteiger partial charge in [0.2, 0.25) is 5.91 Å². The van der Waals surface area contributed by atoms with Gasteiger partial charge in [0.05, 0.1) is 6.04 Å². The van der Waals surface area contributed by atoms with Gasteiger partial charge in [-0.25, -0.2) is 0 Å². The van der Waals surface area contributed by atoms with Gasteiger partial charge in [-0.1, -0.05) is 43.5 Å². The van der Waals surface area contributed by atoms with Crippen molar-refractivity contribution in [3.63, 3.8) is 0 Å². The van der Waals surface area contributed by atoms with Gasteiger partial charge >= 0.3 is 0 Å². The van der Waals surface area contributed by atoms with E-state index in [0.29, 0.717) is 0 Å². The van der Waals surface area contributed by atoms with E-state index in [9.17, 15) is 4.79 Å². The lowest BCUT2D eigenvalue weighted by molar-refractivity contribution is -0.123. The van der Waals surface area contributed by atoms with Crippen molar-refractivity contribution in [3.8, 4) is 0 Å². The van der Waals surface area contributed by atoms with Crippen LogP contribution in [0, 0.1) is 5.92 Å². The summed E-state index contributed by atoms with van der Waals surface area (Å²) in [6.45, 7) is 1.64. The maximum atomic E-state index is 12.1. The molecule has 3 rings (SSSR count). The molecule has 0 radical (unpaired) electrons. The highest BCUT2D eigenvalue weighted by Crippen LogP contribution is 2.28. The first-order valence-electron chi connectivity index (χ1n) is 7.41. The minimum Gasteiger partial charge on any atom is -0.355 e. The van der Waals surface area contributed by atoms with Gasteiger partial charge in [-0.2, -0.15) is 0 Å². The molecule has 0 spiro atoms. The maximum absolute atomic E-state index is 12.1. The number of benzene rings is 1. The topological polar surface area (TPSA) is 41.1 Å². The fourth-order valence-corrected chi connectivity index (χ4v) is 2.94. The first kappa shape index (κ1) is 15.3. The summed E-state index contributed by atoms with van der Waals surface area (Å²) in [5.41, 5.74) is 2.63. The summed E-state index contributed by atoms with van der Waals surface area (Å²) in [7, 11) is 0. The molecule has 0 aromatic heterocycles. The fourth-order valence-electron chi connectivity index (χ4n) is 2.94. The van der Waals surface area contributed by atoms with Crippen molar-refractivity contribution >= 4 is 18.3 Å². The number of nitrogens with one attached hydrogen (secondary N) is 2. The Kier molecular flexibility index (Phi) is 5.44. The third kappa shape index (κ3) is 3.53. The number of amides is 1. The molecule has 1 heterocycles. The van der Waals surface area contributed by atoms with Crippen LogP contribution in [-0.4, -0.2) is 18.5 Å². The zero-order valence-corrected chi connectivity index (χ0v) is 12.5. The largest absolute Gasteiger partial charge is 0.355 e. The van der Waals surface area contributed by atoms with E-state index in [1.807, 2.05) is 0 Å². The molecule has 0 bridgehead atoms. The third-order valence-corrected chi connectivity index (χ3v) is 4.47. The van der Waals surface area contributed by atoms with Gasteiger partial charge in [0.25, 0.3) is 0 Å². The smallest absolute Gasteiger partial charge is 0.237 e. The second-order valence-electron chi connectivity index (χ2n) is 5.78. The molecule has 2 N–H and O–H groups in total. The molecule has 0 saturated heterocycles. The first-order chi connectivity index (χ1) is 9.33. The molecule has 1 fully saturated rings. The van der Waals surface area contributed by atoms with E-state index in [0.717, 1.165) is 31.8 Å². The molecule has 1 aromatic carbocycles. The third-order valence-electron chi connectivity index (χ3n) is 4.47. The van der Waals surface area contributed by atoms with Gasteiger partial charge in [-0.15, -0.1) is 12.4 Å². The predicted molar refractivity (Wildman–Crippen MR) is 83.0 cm³/mol. The van der Waals surface area contributed by atoms with Gasteiger partial charge in [-0.3, -0.25) is 4.79 Å². The van der Waals surface area contributed by atoms with Crippen molar-refractivity contribution in [1.29, 1.82) is 0 Å². The molecule has 1 unspecified atom stereocenters. The summed E-state index contributed by atoms with van der Waals surface area (Å²) >= 11 is 0.